The van der Waals surface area contributed by atoms with Crippen molar-refractivity contribution >= 4 is 23.4 Å². The van der Waals surface area contributed by atoms with E-state index < -0.39 is 0 Å². The van der Waals surface area contributed by atoms with Crippen molar-refractivity contribution in [3.63, 3.8) is 0 Å². The molecule has 4 saturated carbocycles. The molecule has 1 aromatic carbocycles. The van der Waals surface area contributed by atoms with Gasteiger partial charge in [-0.25, -0.2) is 0 Å². The first-order valence-electron chi connectivity index (χ1n) is 8.24. The van der Waals surface area contributed by atoms with Gasteiger partial charge in [0.2, 0.25) is 0 Å². The molecule has 2 amide bonds. The molecule has 4 aliphatic carbocycles. The Morgan fingerprint density at radius 1 is 0.909 bits per heavy atom. The van der Waals surface area contributed by atoms with Gasteiger partial charge in [0.25, 0.3) is 11.8 Å². The summed E-state index contributed by atoms with van der Waals surface area (Å²) in [6, 6.07) is 5.06. The van der Waals surface area contributed by atoms with E-state index in [2.05, 4.69) is 0 Å². The van der Waals surface area contributed by atoms with E-state index in [1.165, 1.54) is 19.3 Å². The molecular formula is C18H18ClNO2. The number of carbonyl (C=O) groups is 2. The lowest BCUT2D eigenvalue weighted by Gasteiger charge is -2.59. The fraction of sp³-hybridized carbons (Fsp3) is 0.556. The van der Waals surface area contributed by atoms with E-state index in [9.17, 15) is 9.59 Å². The van der Waals surface area contributed by atoms with Crippen LogP contribution in [0.15, 0.2) is 18.2 Å². The number of fused-ring (bicyclic) bond motifs is 1. The lowest BCUT2D eigenvalue weighted by atomic mass is 9.52. The number of imide groups is 1. The molecule has 1 aliphatic heterocycles. The molecule has 0 atom stereocenters. The predicted octanol–water partition coefficient (Wildman–Crippen LogP) is 3.90. The molecule has 6 rings (SSSR count). The maximum atomic E-state index is 12.9. The summed E-state index contributed by atoms with van der Waals surface area (Å²) >= 11 is 6.02. The van der Waals surface area contributed by atoms with E-state index in [4.69, 9.17) is 11.6 Å². The van der Waals surface area contributed by atoms with Crippen LogP contribution in [-0.2, 0) is 0 Å². The Balaban J connectivity index is 1.59. The Bertz CT molecular complexity index is 676. The molecule has 4 heteroatoms. The van der Waals surface area contributed by atoms with Crippen molar-refractivity contribution in [1.29, 1.82) is 0 Å². The van der Waals surface area contributed by atoms with E-state index >= 15 is 0 Å². The minimum atomic E-state index is -0.214. The van der Waals surface area contributed by atoms with E-state index in [0.717, 1.165) is 19.3 Å². The molecule has 0 spiro atoms. The van der Waals surface area contributed by atoms with Crippen molar-refractivity contribution in [2.75, 3.05) is 0 Å². The normalized spacial score (nSPS) is 38.8. The Morgan fingerprint density at radius 2 is 1.45 bits per heavy atom. The SMILES string of the molecule is O=C1c2ccc(Cl)cc2C(=O)N1C12CC3CC(CC(C3)C1)C2. The number of rotatable bonds is 1. The molecule has 1 heterocycles. The molecule has 22 heavy (non-hydrogen) atoms. The summed E-state index contributed by atoms with van der Waals surface area (Å²) < 4.78 is 0. The van der Waals surface area contributed by atoms with Crippen LogP contribution >= 0.6 is 11.6 Å². The zero-order valence-electron chi connectivity index (χ0n) is 12.3. The summed E-state index contributed by atoms with van der Waals surface area (Å²) in [5.74, 6) is 1.90. The molecule has 0 radical (unpaired) electrons. The monoisotopic (exact) mass is 315 g/mol. The third kappa shape index (κ3) is 1.58. The first-order chi connectivity index (χ1) is 10.6. The zero-order chi connectivity index (χ0) is 15.1. The van der Waals surface area contributed by atoms with Gasteiger partial charge >= 0.3 is 0 Å². The third-order valence-corrected chi connectivity index (χ3v) is 6.56. The van der Waals surface area contributed by atoms with Crippen LogP contribution in [-0.4, -0.2) is 22.3 Å². The van der Waals surface area contributed by atoms with E-state index in [1.807, 2.05) is 0 Å². The zero-order valence-corrected chi connectivity index (χ0v) is 13.1. The predicted molar refractivity (Wildman–Crippen MR) is 82.9 cm³/mol. The fourth-order valence-corrected chi connectivity index (χ4v) is 6.15. The lowest BCUT2D eigenvalue weighted by molar-refractivity contribution is -0.0620. The highest BCUT2D eigenvalue weighted by atomic mass is 35.5. The summed E-state index contributed by atoms with van der Waals surface area (Å²) in [6.07, 6.45) is 6.94. The average Bonchev–Trinajstić information content (AvgIpc) is 2.69. The quantitative estimate of drug-likeness (QED) is 0.737. The van der Waals surface area contributed by atoms with Crippen LogP contribution in [0.4, 0.5) is 0 Å². The van der Waals surface area contributed by atoms with Crippen LogP contribution in [0.5, 0.6) is 0 Å². The van der Waals surface area contributed by atoms with Crippen LogP contribution in [0.3, 0.4) is 0 Å². The van der Waals surface area contributed by atoms with Crippen LogP contribution in [0.2, 0.25) is 5.02 Å². The number of carbonyl (C=O) groups excluding carboxylic acids is 2. The van der Waals surface area contributed by atoms with Gasteiger partial charge in [0.05, 0.1) is 16.7 Å². The molecule has 4 bridgehead atoms. The van der Waals surface area contributed by atoms with Crippen molar-refractivity contribution in [2.45, 2.75) is 44.1 Å². The van der Waals surface area contributed by atoms with Crippen LogP contribution in [0.25, 0.3) is 0 Å². The van der Waals surface area contributed by atoms with Crippen molar-refractivity contribution in [1.82, 2.24) is 4.90 Å². The second-order valence-electron chi connectivity index (χ2n) is 7.78. The van der Waals surface area contributed by atoms with Gasteiger partial charge in [-0.15, -0.1) is 0 Å². The molecular weight excluding hydrogens is 298 g/mol. The summed E-state index contributed by atoms with van der Waals surface area (Å²) in [7, 11) is 0. The largest absolute Gasteiger partial charge is 0.269 e. The average molecular weight is 316 g/mol. The van der Waals surface area contributed by atoms with Gasteiger partial charge in [0, 0.05) is 5.02 Å². The van der Waals surface area contributed by atoms with E-state index in [-0.39, 0.29) is 17.4 Å². The topological polar surface area (TPSA) is 37.4 Å². The number of halogens is 1. The molecule has 114 valence electrons. The van der Waals surface area contributed by atoms with Gasteiger partial charge in [-0.1, -0.05) is 11.6 Å². The minimum Gasteiger partial charge on any atom is -0.269 e. The van der Waals surface area contributed by atoms with Gasteiger partial charge in [0.15, 0.2) is 0 Å². The molecule has 3 nitrogen and oxygen atoms in total. The Hall–Kier alpha value is -1.35. The summed E-state index contributed by atoms with van der Waals surface area (Å²) in [6.45, 7) is 0. The first-order valence-corrected chi connectivity index (χ1v) is 8.62. The Kier molecular flexibility index (Phi) is 2.47. The smallest absolute Gasteiger partial charge is 0.262 e. The highest BCUT2D eigenvalue weighted by Crippen LogP contribution is 2.58. The molecule has 0 aromatic heterocycles. The maximum Gasteiger partial charge on any atom is 0.262 e. The Labute approximate surface area is 134 Å². The Morgan fingerprint density at radius 3 is 2.05 bits per heavy atom. The number of hydrogen-bond acceptors (Lipinski definition) is 2. The second kappa shape index (κ2) is 4.14. The van der Waals surface area contributed by atoms with Crippen molar-refractivity contribution in [3.05, 3.63) is 34.3 Å². The summed E-state index contributed by atoms with van der Waals surface area (Å²) in [5.41, 5.74) is 0.812. The molecule has 1 aromatic rings. The minimum absolute atomic E-state index is 0.0985. The molecule has 0 unspecified atom stereocenters. The van der Waals surface area contributed by atoms with Gasteiger partial charge in [-0.2, -0.15) is 0 Å². The second-order valence-corrected chi connectivity index (χ2v) is 8.21. The molecule has 0 saturated heterocycles. The van der Waals surface area contributed by atoms with E-state index in [0.29, 0.717) is 33.9 Å². The van der Waals surface area contributed by atoms with E-state index in [1.54, 1.807) is 23.1 Å². The van der Waals surface area contributed by atoms with Crippen LogP contribution in [0, 0.1) is 17.8 Å². The van der Waals surface area contributed by atoms with Crippen molar-refractivity contribution in [2.24, 2.45) is 17.8 Å². The summed E-state index contributed by atoms with van der Waals surface area (Å²) in [5, 5.41) is 0.521. The van der Waals surface area contributed by atoms with Crippen LogP contribution in [0.1, 0.15) is 59.2 Å². The number of amides is 2. The van der Waals surface area contributed by atoms with Gasteiger partial charge in [-0.3, -0.25) is 14.5 Å². The van der Waals surface area contributed by atoms with Gasteiger partial charge in [0.1, 0.15) is 0 Å². The number of nitrogens with zero attached hydrogens (tertiary/aromatic N) is 1. The van der Waals surface area contributed by atoms with Gasteiger partial charge < -0.3 is 0 Å². The summed E-state index contributed by atoms with van der Waals surface area (Å²) in [4.78, 5) is 27.4. The highest BCUT2D eigenvalue weighted by molar-refractivity contribution is 6.32. The fourth-order valence-electron chi connectivity index (χ4n) is 5.98. The van der Waals surface area contributed by atoms with Crippen molar-refractivity contribution in [3.8, 4) is 0 Å². The molecule has 4 fully saturated rings. The van der Waals surface area contributed by atoms with Gasteiger partial charge in [-0.05, 0) is 74.5 Å². The van der Waals surface area contributed by atoms with Crippen LogP contribution < -0.4 is 0 Å². The number of hydrogen-bond donors (Lipinski definition) is 0. The first kappa shape index (κ1) is 13.1. The molecule has 0 N–H and O–H groups in total. The standard InChI is InChI=1S/C18H18ClNO2/c19-13-1-2-14-15(6-13)17(22)20(16(14)21)18-7-10-3-11(8-18)5-12(4-10)9-18/h1-2,6,10-12H,3-5,7-9H2. The lowest BCUT2D eigenvalue weighted by Crippen LogP contribution is -2.61. The highest BCUT2D eigenvalue weighted by Gasteiger charge is 2.58. The van der Waals surface area contributed by atoms with Crippen molar-refractivity contribution < 1.29 is 9.59 Å². The number of benzene rings is 1. The third-order valence-electron chi connectivity index (χ3n) is 6.33. The molecule has 5 aliphatic rings. The maximum absolute atomic E-state index is 12.9.